The summed E-state index contributed by atoms with van der Waals surface area (Å²) in [6.07, 6.45) is 3.58. The Hall–Kier alpha value is -1.49. The molecular weight excluding hydrogens is 461 g/mol. The zero-order valence-corrected chi connectivity index (χ0v) is 18.6. The highest BCUT2D eigenvalue weighted by atomic mass is 127. The highest BCUT2D eigenvalue weighted by Crippen LogP contribution is 2.18. The van der Waals surface area contributed by atoms with Crippen LogP contribution in [0, 0.1) is 13.8 Å². The van der Waals surface area contributed by atoms with Gasteiger partial charge in [0.2, 0.25) is 5.95 Å². The van der Waals surface area contributed by atoms with E-state index in [0.717, 1.165) is 55.3 Å². The molecule has 0 spiro atoms. The molecule has 2 aromatic heterocycles. The topological polar surface area (TPSA) is 69.5 Å². The number of nitrogens with zero attached hydrogens (tertiary/aromatic N) is 6. The zero-order chi connectivity index (χ0) is 17.6. The number of aromatic nitrogens is 3. The number of aliphatic imine (C=N–C) groups is 1. The zero-order valence-electron chi connectivity index (χ0n) is 15.5. The van der Waals surface area contributed by atoms with E-state index in [-0.39, 0.29) is 24.0 Å². The summed E-state index contributed by atoms with van der Waals surface area (Å²) >= 11 is 1.73. The molecule has 1 N–H and O–H groups in total. The molecule has 1 aliphatic rings. The van der Waals surface area contributed by atoms with Gasteiger partial charge in [-0.1, -0.05) is 0 Å². The Balaban J connectivity index is 0.00000243. The predicted octanol–water partition coefficient (Wildman–Crippen LogP) is 2.46. The van der Waals surface area contributed by atoms with Crippen LogP contribution in [0.15, 0.2) is 23.5 Å². The summed E-state index contributed by atoms with van der Waals surface area (Å²) < 4.78 is 0. The van der Waals surface area contributed by atoms with Gasteiger partial charge in [-0.2, -0.15) is 0 Å². The van der Waals surface area contributed by atoms with E-state index >= 15 is 0 Å². The molecule has 0 amide bonds. The first kappa shape index (κ1) is 20.8. The summed E-state index contributed by atoms with van der Waals surface area (Å²) in [5.74, 6) is 1.78. The largest absolute Gasteiger partial charge is 0.357 e. The lowest BCUT2D eigenvalue weighted by molar-refractivity contribution is 0.370. The molecule has 142 valence electrons. The van der Waals surface area contributed by atoms with E-state index in [1.807, 2.05) is 13.0 Å². The molecule has 7 nitrogen and oxygen atoms in total. The normalized spacial score (nSPS) is 15.0. The lowest BCUT2D eigenvalue weighted by Gasteiger charge is -2.36. The van der Waals surface area contributed by atoms with Crippen LogP contribution in [0.4, 0.5) is 5.95 Å². The summed E-state index contributed by atoms with van der Waals surface area (Å²) in [6.45, 7) is 11.4. The molecule has 1 fully saturated rings. The van der Waals surface area contributed by atoms with Gasteiger partial charge in [0.15, 0.2) is 5.96 Å². The fourth-order valence-electron chi connectivity index (χ4n) is 2.87. The van der Waals surface area contributed by atoms with E-state index in [4.69, 9.17) is 4.99 Å². The number of hydrogen-bond acceptors (Lipinski definition) is 6. The van der Waals surface area contributed by atoms with Gasteiger partial charge in [-0.15, -0.1) is 35.3 Å². The molecule has 0 saturated carbocycles. The molecule has 0 radical (unpaired) electrons. The first-order valence-corrected chi connectivity index (χ1v) is 9.47. The molecule has 0 bridgehead atoms. The lowest BCUT2D eigenvalue weighted by atomic mass is 10.3. The monoisotopic (exact) mass is 487 g/mol. The number of anilines is 1. The lowest BCUT2D eigenvalue weighted by Crippen LogP contribution is -2.52. The highest BCUT2D eigenvalue weighted by Gasteiger charge is 2.21. The van der Waals surface area contributed by atoms with Gasteiger partial charge in [0.25, 0.3) is 0 Å². The van der Waals surface area contributed by atoms with Gasteiger partial charge in [0, 0.05) is 50.0 Å². The van der Waals surface area contributed by atoms with Gasteiger partial charge in [-0.05, 0) is 26.8 Å². The van der Waals surface area contributed by atoms with E-state index in [1.54, 1.807) is 23.7 Å². The van der Waals surface area contributed by atoms with Crippen molar-refractivity contribution in [3.8, 4) is 0 Å². The molecule has 3 heterocycles. The number of aryl methyl sites for hydroxylation is 2. The first-order valence-electron chi connectivity index (χ1n) is 8.65. The maximum absolute atomic E-state index is 4.83. The van der Waals surface area contributed by atoms with Gasteiger partial charge < -0.3 is 15.1 Å². The maximum atomic E-state index is 4.83. The number of nitrogens with one attached hydrogen (secondary N) is 1. The van der Waals surface area contributed by atoms with E-state index in [1.165, 1.54) is 4.88 Å². The van der Waals surface area contributed by atoms with Crippen LogP contribution in [-0.2, 0) is 6.54 Å². The Bertz CT molecular complexity index is 711. The van der Waals surface area contributed by atoms with Gasteiger partial charge in [0.1, 0.15) is 0 Å². The van der Waals surface area contributed by atoms with Crippen molar-refractivity contribution in [3.05, 3.63) is 34.0 Å². The van der Waals surface area contributed by atoms with Crippen LogP contribution in [-0.4, -0.2) is 58.5 Å². The predicted molar refractivity (Wildman–Crippen MR) is 118 cm³/mol. The van der Waals surface area contributed by atoms with E-state index in [0.29, 0.717) is 6.54 Å². The molecule has 1 aliphatic heterocycles. The second-order valence-corrected chi connectivity index (χ2v) is 7.22. The number of guanidine groups is 1. The summed E-state index contributed by atoms with van der Waals surface area (Å²) in [4.78, 5) is 23.8. The standard InChI is InChI=1S/C17H25N7S.HI/c1-4-18-16(21-12-15-13(2)22-14(3)25-15)23-8-10-24(11-9-23)17-19-6-5-7-20-17;/h5-7H,4,8-12H2,1-3H3,(H,18,21);1H. The molecule has 9 heteroatoms. The minimum atomic E-state index is 0. The van der Waals surface area contributed by atoms with Gasteiger partial charge in [0.05, 0.1) is 17.2 Å². The number of thiazole rings is 1. The Morgan fingerprint density at radius 2 is 1.88 bits per heavy atom. The maximum Gasteiger partial charge on any atom is 0.225 e. The molecule has 2 aromatic rings. The fourth-order valence-corrected chi connectivity index (χ4v) is 3.73. The van der Waals surface area contributed by atoms with Crippen LogP contribution in [0.5, 0.6) is 0 Å². The Labute approximate surface area is 176 Å². The average Bonchev–Trinajstić information content (AvgIpc) is 2.97. The molecule has 0 unspecified atom stereocenters. The fraction of sp³-hybridized carbons (Fsp3) is 0.529. The van der Waals surface area contributed by atoms with Crippen molar-refractivity contribution >= 4 is 47.2 Å². The van der Waals surface area contributed by atoms with Gasteiger partial charge in [-0.25, -0.2) is 19.9 Å². The molecule has 3 rings (SSSR count). The highest BCUT2D eigenvalue weighted by molar-refractivity contribution is 14.0. The third-order valence-electron chi connectivity index (χ3n) is 4.12. The van der Waals surface area contributed by atoms with Gasteiger partial charge in [-0.3, -0.25) is 0 Å². The quantitative estimate of drug-likeness (QED) is 0.406. The van der Waals surface area contributed by atoms with Crippen LogP contribution in [0.25, 0.3) is 0 Å². The third-order valence-corrected chi connectivity index (χ3v) is 5.18. The number of rotatable bonds is 4. The third kappa shape index (κ3) is 5.26. The van der Waals surface area contributed by atoms with E-state index in [9.17, 15) is 0 Å². The average molecular weight is 487 g/mol. The van der Waals surface area contributed by atoms with Crippen LogP contribution in [0.2, 0.25) is 0 Å². The summed E-state index contributed by atoms with van der Waals surface area (Å²) in [6, 6.07) is 1.85. The molecule has 0 atom stereocenters. The van der Waals surface area contributed by atoms with Crippen LogP contribution in [0.3, 0.4) is 0 Å². The second-order valence-electron chi connectivity index (χ2n) is 5.93. The van der Waals surface area contributed by atoms with Crippen LogP contribution in [0.1, 0.15) is 22.5 Å². The van der Waals surface area contributed by atoms with Crippen molar-refractivity contribution in [1.82, 2.24) is 25.2 Å². The summed E-state index contributed by atoms with van der Waals surface area (Å²) in [7, 11) is 0. The molecular formula is C17H26IN7S. The van der Waals surface area contributed by atoms with Crippen molar-refractivity contribution < 1.29 is 0 Å². The van der Waals surface area contributed by atoms with Crippen LogP contribution >= 0.6 is 35.3 Å². The van der Waals surface area contributed by atoms with Crippen molar-refractivity contribution in [2.75, 3.05) is 37.6 Å². The van der Waals surface area contributed by atoms with Crippen molar-refractivity contribution in [3.63, 3.8) is 0 Å². The SMILES string of the molecule is CCNC(=NCc1sc(C)nc1C)N1CCN(c2ncccn2)CC1.I. The number of hydrogen-bond donors (Lipinski definition) is 1. The van der Waals surface area contributed by atoms with Crippen molar-refractivity contribution in [1.29, 1.82) is 0 Å². The van der Waals surface area contributed by atoms with E-state index < -0.39 is 0 Å². The minimum absolute atomic E-state index is 0. The van der Waals surface area contributed by atoms with Gasteiger partial charge >= 0.3 is 0 Å². The second kappa shape index (κ2) is 10.0. The minimum Gasteiger partial charge on any atom is -0.357 e. The molecule has 1 saturated heterocycles. The number of halogens is 1. The van der Waals surface area contributed by atoms with Crippen molar-refractivity contribution in [2.24, 2.45) is 4.99 Å². The Kier molecular flexibility index (Phi) is 8.01. The Morgan fingerprint density at radius 3 is 2.46 bits per heavy atom. The Morgan fingerprint density at radius 1 is 1.19 bits per heavy atom. The molecule has 26 heavy (non-hydrogen) atoms. The molecule has 0 aromatic carbocycles. The van der Waals surface area contributed by atoms with Crippen LogP contribution < -0.4 is 10.2 Å². The first-order chi connectivity index (χ1) is 12.2. The number of piperazine rings is 1. The summed E-state index contributed by atoms with van der Waals surface area (Å²) in [5, 5.41) is 4.51. The summed E-state index contributed by atoms with van der Waals surface area (Å²) in [5.41, 5.74) is 1.09. The van der Waals surface area contributed by atoms with E-state index in [2.05, 4.69) is 43.9 Å². The molecule has 0 aliphatic carbocycles. The van der Waals surface area contributed by atoms with Crippen molar-refractivity contribution in [2.45, 2.75) is 27.3 Å². The smallest absolute Gasteiger partial charge is 0.225 e.